The maximum atomic E-state index is 12.5. The first kappa shape index (κ1) is 21.4. The van der Waals surface area contributed by atoms with Gasteiger partial charge in [-0.25, -0.2) is 8.42 Å². The minimum atomic E-state index is -3.42. The molecular formula is C15H26ClN3O3S2. The van der Waals surface area contributed by atoms with Crippen LogP contribution in [0, 0.1) is 5.92 Å². The fraction of sp³-hybridized carbons (Fsp3) is 0.667. The summed E-state index contributed by atoms with van der Waals surface area (Å²) in [6.45, 7) is 5.41. The molecule has 0 aliphatic carbocycles. The van der Waals surface area contributed by atoms with Crippen molar-refractivity contribution in [3.05, 3.63) is 17.0 Å². The van der Waals surface area contributed by atoms with Crippen molar-refractivity contribution in [3.63, 3.8) is 0 Å². The van der Waals surface area contributed by atoms with Gasteiger partial charge in [-0.05, 0) is 30.9 Å². The molecule has 0 bridgehead atoms. The predicted molar refractivity (Wildman–Crippen MR) is 99.1 cm³/mol. The predicted octanol–water partition coefficient (Wildman–Crippen LogP) is 1.60. The molecule has 1 amide bonds. The Hall–Kier alpha value is -0.670. The van der Waals surface area contributed by atoms with Gasteiger partial charge in [0, 0.05) is 37.0 Å². The lowest BCUT2D eigenvalue weighted by Crippen LogP contribution is -2.31. The first-order chi connectivity index (χ1) is 10.8. The van der Waals surface area contributed by atoms with E-state index >= 15 is 0 Å². The first-order valence-corrected chi connectivity index (χ1v) is 10.2. The van der Waals surface area contributed by atoms with Gasteiger partial charge in [-0.15, -0.1) is 23.7 Å². The van der Waals surface area contributed by atoms with Crippen LogP contribution in [-0.2, 0) is 21.2 Å². The second-order valence-corrected chi connectivity index (χ2v) is 9.66. The summed E-state index contributed by atoms with van der Waals surface area (Å²) in [7, 11) is -3.42. The Labute approximate surface area is 154 Å². The molecule has 3 N–H and O–H groups in total. The summed E-state index contributed by atoms with van der Waals surface area (Å²) in [6, 6.07) is 3.40. The Bertz CT molecular complexity index is 646. The van der Waals surface area contributed by atoms with Gasteiger partial charge >= 0.3 is 0 Å². The number of carbonyl (C=O) groups excluding carboxylic acids is 1. The highest BCUT2D eigenvalue weighted by atomic mass is 35.5. The molecule has 1 aliphatic heterocycles. The van der Waals surface area contributed by atoms with E-state index in [0.29, 0.717) is 49.0 Å². The summed E-state index contributed by atoms with van der Waals surface area (Å²) in [5.41, 5.74) is 5.79. The van der Waals surface area contributed by atoms with Crippen LogP contribution in [0.3, 0.4) is 0 Å². The molecule has 24 heavy (non-hydrogen) atoms. The van der Waals surface area contributed by atoms with Crippen LogP contribution < -0.4 is 11.1 Å². The van der Waals surface area contributed by atoms with E-state index in [-0.39, 0.29) is 24.4 Å². The van der Waals surface area contributed by atoms with E-state index in [0.717, 1.165) is 4.88 Å². The Kier molecular flexibility index (Phi) is 8.14. The molecule has 0 saturated carbocycles. The molecular weight excluding hydrogens is 370 g/mol. The highest BCUT2D eigenvalue weighted by Crippen LogP contribution is 2.27. The van der Waals surface area contributed by atoms with Crippen molar-refractivity contribution < 1.29 is 13.2 Å². The average molecular weight is 396 g/mol. The van der Waals surface area contributed by atoms with Gasteiger partial charge in [-0.1, -0.05) is 13.8 Å². The van der Waals surface area contributed by atoms with Crippen LogP contribution in [0.25, 0.3) is 0 Å². The van der Waals surface area contributed by atoms with E-state index in [1.165, 1.54) is 15.6 Å². The maximum absolute atomic E-state index is 12.5. The fourth-order valence-corrected chi connectivity index (χ4v) is 5.52. The van der Waals surface area contributed by atoms with Gasteiger partial charge in [0.05, 0.1) is 0 Å². The summed E-state index contributed by atoms with van der Waals surface area (Å²) >= 11 is 1.27. The standard InChI is InChI=1S/C15H25N3O3S2.ClH/c1-11(2)9-14(19)17-7-5-13-3-4-15(22-13)23(20,21)18-8-6-12(16)10-18;/h3-4,11-12H,5-10,16H2,1-2H3,(H,17,19);1H/t12-;/m1./s1. The summed E-state index contributed by atoms with van der Waals surface area (Å²) in [6.07, 6.45) is 1.86. The van der Waals surface area contributed by atoms with Crippen molar-refractivity contribution >= 4 is 39.7 Å². The van der Waals surface area contributed by atoms with Gasteiger partial charge in [0.2, 0.25) is 5.91 Å². The topological polar surface area (TPSA) is 92.5 Å². The number of nitrogens with two attached hydrogens (primary N) is 1. The smallest absolute Gasteiger partial charge is 0.252 e. The minimum absolute atomic E-state index is 0. The van der Waals surface area contributed by atoms with E-state index in [1.54, 1.807) is 6.07 Å². The van der Waals surface area contributed by atoms with Crippen LogP contribution in [0.4, 0.5) is 0 Å². The number of sulfonamides is 1. The molecule has 0 unspecified atom stereocenters. The Balaban J connectivity index is 0.00000288. The third-order valence-corrected chi connectivity index (χ3v) is 7.18. The van der Waals surface area contributed by atoms with E-state index < -0.39 is 10.0 Å². The van der Waals surface area contributed by atoms with Crippen LogP contribution in [0.2, 0.25) is 0 Å². The number of hydrogen-bond acceptors (Lipinski definition) is 5. The largest absolute Gasteiger partial charge is 0.356 e. The highest BCUT2D eigenvalue weighted by molar-refractivity contribution is 7.91. The van der Waals surface area contributed by atoms with Crippen LogP contribution in [0.15, 0.2) is 16.3 Å². The molecule has 2 rings (SSSR count). The molecule has 138 valence electrons. The van der Waals surface area contributed by atoms with Gasteiger partial charge in [0.1, 0.15) is 4.21 Å². The molecule has 0 aromatic carbocycles. The normalized spacial score (nSPS) is 18.6. The molecule has 1 aromatic rings. The summed E-state index contributed by atoms with van der Waals surface area (Å²) in [5, 5.41) is 2.86. The summed E-state index contributed by atoms with van der Waals surface area (Å²) in [5.74, 6) is 0.371. The Morgan fingerprint density at radius 2 is 2.17 bits per heavy atom. The number of rotatable bonds is 7. The van der Waals surface area contributed by atoms with E-state index in [2.05, 4.69) is 5.32 Å². The molecule has 1 fully saturated rings. The number of nitrogens with one attached hydrogen (secondary N) is 1. The van der Waals surface area contributed by atoms with Crippen molar-refractivity contribution in [2.24, 2.45) is 11.7 Å². The quantitative estimate of drug-likeness (QED) is 0.733. The number of halogens is 1. The zero-order valence-electron chi connectivity index (χ0n) is 14.0. The number of hydrogen-bond donors (Lipinski definition) is 2. The third kappa shape index (κ3) is 5.70. The monoisotopic (exact) mass is 395 g/mol. The molecule has 9 heteroatoms. The molecule has 2 heterocycles. The molecule has 1 saturated heterocycles. The Morgan fingerprint density at radius 3 is 2.75 bits per heavy atom. The number of amides is 1. The van der Waals surface area contributed by atoms with Crippen LogP contribution >= 0.6 is 23.7 Å². The Morgan fingerprint density at radius 1 is 1.46 bits per heavy atom. The zero-order valence-corrected chi connectivity index (χ0v) is 16.5. The van der Waals surface area contributed by atoms with Crippen LogP contribution in [0.5, 0.6) is 0 Å². The lowest BCUT2D eigenvalue weighted by molar-refractivity contribution is -0.121. The zero-order chi connectivity index (χ0) is 17.0. The van der Waals surface area contributed by atoms with Crippen molar-refractivity contribution in [1.29, 1.82) is 0 Å². The van der Waals surface area contributed by atoms with Gasteiger partial charge in [-0.2, -0.15) is 4.31 Å². The molecule has 1 atom stereocenters. The maximum Gasteiger partial charge on any atom is 0.252 e. The molecule has 1 aliphatic rings. The van der Waals surface area contributed by atoms with Crippen molar-refractivity contribution in [1.82, 2.24) is 9.62 Å². The SMILES string of the molecule is CC(C)CC(=O)NCCc1ccc(S(=O)(=O)N2CC[C@@H](N)C2)s1.Cl. The van der Waals surface area contributed by atoms with E-state index in [1.807, 2.05) is 19.9 Å². The number of thiophene rings is 1. The molecule has 0 spiro atoms. The summed E-state index contributed by atoms with van der Waals surface area (Å²) < 4.78 is 26.8. The van der Waals surface area contributed by atoms with Gasteiger partial charge in [0.15, 0.2) is 0 Å². The third-order valence-electron chi connectivity index (χ3n) is 3.71. The van der Waals surface area contributed by atoms with Crippen LogP contribution in [0.1, 0.15) is 31.6 Å². The molecule has 6 nitrogen and oxygen atoms in total. The number of carbonyl (C=O) groups is 1. The average Bonchev–Trinajstić information content (AvgIpc) is 3.07. The molecule has 1 aromatic heterocycles. The molecule has 0 radical (unpaired) electrons. The van der Waals surface area contributed by atoms with Crippen molar-refractivity contribution in [2.75, 3.05) is 19.6 Å². The van der Waals surface area contributed by atoms with Crippen LogP contribution in [-0.4, -0.2) is 44.3 Å². The van der Waals surface area contributed by atoms with Crippen molar-refractivity contribution in [2.45, 2.75) is 43.4 Å². The second kappa shape index (κ2) is 9.15. The fourth-order valence-electron chi connectivity index (χ4n) is 2.50. The van der Waals surface area contributed by atoms with Crippen molar-refractivity contribution in [3.8, 4) is 0 Å². The number of nitrogens with zero attached hydrogens (tertiary/aromatic N) is 1. The lowest BCUT2D eigenvalue weighted by Gasteiger charge is -2.14. The lowest BCUT2D eigenvalue weighted by atomic mass is 10.1. The van der Waals surface area contributed by atoms with E-state index in [9.17, 15) is 13.2 Å². The first-order valence-electron chi connectivity index (χ1n) is 7.90. The van der Waals surface area contributed by atoms with Gasteiger partial charge in [-0.3, -0.25) is 4.79 Å². The van der Waals surface area contributed by atoms with Gasteiger partial charge in [0.25, 0.3) is 10.0 Å². The van der Waals surface area contributed by atoms with Gasteiger partial charge < -0.3 is 11.1 Å². The minimum Gasteiger partial charge on any atom is -0.356 e. The summed E-state index contributed by atoms with van der Waals surface area (Å²) in [4.78, 5) is 12.5. The van der Waals surface area contributed by atoms with E-state index in [4.69, 9.17) is 5.73 Å². The highest BCUT2D eigenvalue weighted by Gasteiger charge is 2.31. The second-order valence-electron chi connectivity index (χ2n) is 6.33.